The Labute approximate surface area is 177 Å². The van der Waals surface area contributed by atoms with Crippen LogP contribution < -0.4 is 0 Å². The van der Waals surface area contributed by atoms with Crippen LogP contribution in [-0.2, 0) is 0 Å². The summed E-state index contributed by atoms with van der Waals surface area (Å²) in [6, 6.07) is 14.4. The zero-order chi connectivity index (χ0) is 20.5. The van der Waals surface area contributed by atoms with Crippen molar-refractivity contribution < 1.29 is 9.21 Å². The number of carbonyl (C=O) groups is 1. The Kier molecular flexibility index (Phi) is 5.17. The summed E-state index contributed by atoms with van der Waals surface area (Å²) in [5.41, 5.74) is 2.13. The lowest BCUT2D eigenvalue weighted by atomic mass is 10.1. The first-order valence-electron chi connectivity index (χ1n) is 10.9. The van der Waals surface area contributed by atoms with Crippen LogP contribution in [0.15, 0.2) is 53.1 Å². The molecule has 1 aliphatic carbocycles. The van der Waals surface area contributed by atoms with Crippen LogP contribution in [0.5, 0.6) is 0 Å². The van der Waals surface area contributed by atoms with E-state index in [0.29, 0.717) is 23.1 Å². The molecule has 1 saturated heterocycles. The van der Waals surface area contributed by atoms with E-state index in [1.807, 2.05) is 60.5 Å². The van der Waals surface area contributed by atoms with Crippen LogP contribution in [0.25, 0.3) is 17.1 Å². The van der Waals surface area contributed by atoms with E-state index < -0.39 is 0 Å². The molecular weight excluding hydrogens is 376 g/mol. The molecule has 3 aromatic rings. The monoisotopic (exact) mass is 404 g/mol. The van der Waals surface area contributed by atoms with Crippen LogP contribution in [0.4, 0.5) is 0 Å². The number of piperazine rings is 1. The smallest absolute Gasteiger partial charge is 0.257 e. The van der Waals surface area contributed by atoms with Crippen molar-refractivity contribution in [1.29, 1.82) is 0 Å². The molecule has 1 amide bonds. The molecule has 30 heavy (non-hydrogen) atoms. The van der Waals surface area contributed by atoms with Gasteiger partial charge in [0.25, 0.3) is 5.91 Å². The number of para-hydroxylation sites is 1. The minimum atomic E-state index is 0.0345. The molecule has 156 valence electrons. The van der Waals surface area contributed by atoms with E-state index in [0.717, 1.165) is 37.6 Å². The second-order valence-electron chi connectivity index (χ2n) is 8.35. The molecule has 0 atom stereocenters. The minimum Gasteiger partial charge on any atom is -0.460 e. The van der Waals surface area contributed by atoms with Gasteiger partial charge in [0.05, 0.1) is 11.3 Å². The number of hydrogen-bond donors (Lipinski definition) is 0. The van der Waals surface area contributed by atoms with Gasteiger partial charge in [-0.15, -0.1) is 0 Å². The van der Waals surface area contributed by atoms with Crippen molar-refractivity contribution in [3.63, 3.8) is 0 Å². The summed E-state index contributed by atoms with van der Waals surface area (Å²) in [5, 5.41) is 4.72. The summed E-state index contributed by atoms with van der Waals surface area (Å²) >= 11 is 0. The number of hydrogen-bond acceptors (Lipinski definition) is 4. The average molecular weight is 405 g/mol. The summed E-state index contributed by atoms with van der Waals surface area (Å²) in [6.07, 6.45) is 7.14. The molecule has 2 aromatic heterocycles. The number of furan rings is 1. The highest BCUT2D eigenvalue weighted by Crippen LogP contribution is 2.28. The summed E-state index contributed by atoms with van der Waals surface area (Å²) < 4.78 is 7.60. The molecule has 6 heteroatoms. The Morgan fingerprint density at radius 1 is 1.00 bits per heavy atom. The van der Waals surface area contributed by atoms with Crippen molar-refractivity contribution in [2.24, 2.45) is 0 Å². The molecule has 3 heterocycles. The molecule has 2 aliphatic rings. The lowest BCUT2D eigenvalue weighted by molar-refractivity contribution is 0.0574. The van der Waals surface area contributed by atoms with Crippen molar-refractivity contribution in [2.75, 3.05) is 26.2 Å². The van der Waals surface area contributed by atoms with Gasteiger partial charge < -0.3 is 9.32 Å². The SMILES string of the molecule is Cc1ccc(-c2nn(-c3ccccc3)cc2C(=O)N2CCN(C3CCCC3)CC2)o1. The van der Waals surface area contributed by atoms with Gasteiger partial charge in [0, 0.05) is 38.4 Å². The van der Waals surface area contributed by atoms with Gasteiger partial charge in [-0.1, -0.05) is 31.0 Å². The van der Waals surface area contributed by atoms with Crippen molar-refractivity contribution in [1.82, 2.24) is 19.6 Å². The van der Waals surface area contributed by atoms with E-state index >= 15 is 0 Å². The predicted molar refractivity (Wildman–Crippen MR) is 116 cm³/mol. The maximum absolute atomic E-state index is 13.5. The molecule has 0 radical (unpaired) electrons. The summed E-state index contributed by atoms with van der Waals surface area (Å²) in [5.74, 6) is 1.48. The topological polar surface area (TPSA) is 54.5 Å². The van der Waals surface area contributed by atoms with Crippen molar-refractivity contribution in [3.8, 4) is 17.1 Å². The van der Waals surface area contributed by atoms with Crippen LogP contribution in [-0.4, -0.2) is 57.7 Å². The number of nitrogens with zero attached hydrogens (tertiary/aromatic N) is 4. The number of rotatable bonds is 4. The first kappa shape index (κ1) is 19.1. The van der Waals surface area contributed by atoms with Gasteiger partial charge in [-0.2, -0.15) is 5.10 Å². The lowest BCUT2D eigenvalue weighted by Gasteiger charge is -2.38. The maximum atomic E-state index is 13.5. The first-order chi connectivity index (χ1) is 14.7. The van der Waals surface area contributed by atoms with Gasteiger partial charge >= 0.3 is 0 Å². The number of aromatic nitrogens is 2. The molecule has 1 aromatic carbocycles. The minimum absolute atomic E-state index is 0.0345. The Hall–Kier alpha value is -2.86. The summed E-state index contributed by atoms with van der Waals surface area (Å²) in [6.45, 7) is 5.35. The fraction of sp³-hybridized carbons (Fsp3) is 0.417. The van der Waals surface area contributed by atoms with E-state index in [1.165, 1.54) is 25.7 Å². The molecule has 5 rings (SSSR count). The Morgan fingerprint density at radius 2 is 1.73 bits per heavy atom. The van der Waals surface area contributed by atoms with Gasteiger partial charge in [-0.3, -0.25) is 9.69 Å². The average Bonchev–Trinajstić information content (AvgIpc) is 3.54. The molecule has 6 nitrogen and oxygen atoms in total. The molecule has 0 spiro atoms. The molecule has 1 saturated carbocycles. The van der Waals surface area contributed by atoms with Gasteiger partial charge in [-0.25, -0.2) is 4.68 Å². The molecular formula is C24H28N4O2. The highest BCUT2D eigenvalue weighted by atomic mass is 16.3. The van der Waals surface area contributed by atoms with Crippen LogP contribution in [0.1, 0.15) is 41.8 Å². The molecule has 0 N–H and O–H groups in total. The third kappa shape index (κ3) is 3.67. The Morgan fingerprint density at radius 3 is 2.40 bits per heavy atom. The second-order valence-corrected chi connectivity index (χ2v) is 8.35. The first-order valence-corrected chi connectivity index (χ1v) is 10.9. The van der Waals surface area contributed by atoms with E-state index in [1.54, 1.807) is 4.68 Å². The van der Waals surface area contributed by atoms with Crippen molar-refractivity contribution >= 4 is 5.91 Å². The molecule has 0 bridgehead atoms. The number of carbonyl (C=O) groups excluding carboxylic acids is 1. The molecule has 1 aliphatic heterocycles. The van der Waals surface area contributed by atoms with Crippen LogP contribution >= 0.6 is 0 Å². The quantitative estimate of drug-likeness (QED) is 0.656. The fourth-order valence-electron chi connectivity index (χ4n) is 4.72. The summed E-state index contributed by atoms with van der Waals surface area (Å²) in [7, 11) is 0. The van der Waals surface area contributed by atoms with Crippen LogP contribution in [0.3, 0.4) is 0 Å². The van der Waals surface area contributed by atoms with Gasteiger partial charge in [-0.05, 0) is 44.0 Å². The number of aryl methyl sites for hydroxylation is 1. The predicted octanol–water partition coefficient (Wildman–Crippen LogP) is 4.14. The van der Waals surface area contributed by atoms with Gasteiger partial charge in [0.15, 0.2) is 5.76 Å². The molecule has 2 fully saturated rings. The molecule has 0 unspecified atom stereocenters. The van der Waals surface area contributed by atoms with E-state index in [2.05, 4.69) is 4.90 Å². The fourth-order valence-corrected chi connectivity index (χ4v) is 4.72. The number of benzene rings is 1. The third-order valence-corrected chi connectivity index (χ3v) is 6.38. The van der Waals surface area contributed by atoms with E-state index in [4.69, 9.17) is 9.52 Å². The van der Waals surface area contributed by atoms with E-state index in [9.17, 15) is 4.79 Å². The standard InChI is InChI=1S/C24H28N4O2/c1-18-11-12-22(30-18)23-21(17-28(25-23)20-9-3-2-4-10-20)24(29)27-15-13-26(14-16-27)19-7-5-6-8-19/h2-4,9-12,17,19H,5-8,13-16H2,1H3. The normalized spacial score (nSPS) is 18.2. The van der Waals surface area contributed by atoms with Crippen LogP contribution in [0, 0.1) is 6.92 Å². The van der Waals surface area contributed by atoms with Gasteiger partial charge in [0.2, 0.25) is 0 Å². The lowest BCUT2D eigenvalue weighted by Crippen LogP contribution is -2.51. The van der Waals surface area contributed by atoms with Crippen LogP contribution in [0.2, 0.25) is 0 Å². The van der Waals surface area contributed by atoms with Crippen molar-refractivity contribution in [3.05, 3.63) is 60.0 Å². The zero-order valence-electron chi connectivity index (χ0n) is 17.5. The zero-order valence-corrected chi connectivity index (χ0v) is 17.5. The van der Waals surface area contributed by atoms with Gasteiger partial charge in [0.1, 0.15) is 11.5 Å². The highest BCUT2D eigenvalue weighted by molar-refractivity contribution is 5.99. The van der Waals surface area contributed by atoms with E-state index in [-0.39, 0.29) is 5.91 Å². The Balaban J connectivity index is 1.41. The Bertz CT molecular complexity index is 1010. The second kappa shape index (κ2) is 8.11. The largest absolute Gasteiger partial charge is 0.460 e. The number of amides is 1. The summed E-state index contributed by atoms with van der Waals surface area (Å²) in [4.78, 5) is 18.0. The third-order valence-electron chi connectivity index (χ3n) is 6.38. The van der Waals surface area contributed by atoms with Crippen molar-refractivity contribution in [2.45, 2.75) is 38.6 Å². The maximum Gasteiger partial charge on any atom is 0.257 e. The highest BCUT2D eigenvalue weighted by Gasteiger charge is 2.30.